The van der Waals surface area contributed by atoms with Gasteiger partial charge in [0.1, 0.15) is 21.5 Å². The third-order valence-corrected chi connectivity index (χ3v) is 6.57. The summed E-state index contributed by atoms with van der Waals surface area (Å²) in [7, 11) is 0. The third-order valence-electron chi connectivity index (χ3n) is 5.10. The number of carbonyl (C=O) groups is 1. The van der Waals surface area contributed by atoms with Gasteiger partial charge in [0.25, 0.3) is 5.91 Å². The highest BCUT2D eigenvalue weighted by Gasteiger charge is 2.33. The molecule has 1 aromatic carbocycles. The summed E-state index contributed by atoms with van der Waals surface area (Å²) < 4.78 is 51.6. The molecule has 0 atom stereocenters. The van der Waals surface area contributed by atoms with Crippen LogP contribution in [0.2, 0.25) is 5.02 Å². The monoisotopic (exact) mass is 484 g/mol. The Kier molecular flexibility index (Phi) is 6.09. The number of hydrogen-bond donors (Lipinski definition) is 0. The molecule has 32 heavy (non-hydrogen) atoms. The Balaban J connectivity index is 1.45. The van der Waals surface area contributed by atoms with Crippen molar-refractivity contribution in [1.29, 1.82) is 0 Å². The van der Waals surface area contributed by atoms with Gasteiger partial charge in [-0.15, -0.1) is 11.3 Å². The Morgan fingerprint density at radius 1 is 1.12 bits per heavy atom. The third kappa shape index (κ3) is 4.56. The number of halogens is 5. The largest absolute Gasteiger partial charge is 0.417 e. The standard InChI is InChI=1S/C21H17ClF4N4OS/c1-12-17(32-19(28-12)13-2-4-15(23)5-3-13)20(31)30-8-6-29(7-9-30)18-16(22)10-14(11-27-18)21(24,25)26/h2-5,10-11H,6-9H2,1H3. The van der Waals surface area contributed by atoms with Gasteiger partial charge in [-0.05, 0) is 37.3 Å². The highest BCUT2D eigenvalue weighted by atomic mass is 35.5. The first-order valence-corrected chi connectivity index (χ1v) is 10.8. The highest BCUT2D eigenvalue weighted by Crippen LogP contribution is 2.34. The molecular weight excluding hydrogens is 468 g/mol. The summed E-state index contributed by atoms with van der Waals surface area (Å²) >= 11 is 7.29. The zero-order valence-corrected chi connectivity index (χ0v) is 18.4. The Morgan fingerprint density at radius 2 is 1.78 bits per heavy atom. The molecule has 2 aromatic heterocycles. The molecule has 0 N–H and O–H groups in total. The van der Waals surface area contributed by atoms with E-state index in [9.17, 15) is 22.4 Å². The van der Waals surface area contributed by atoms with E-state index < -0.39 is 11.7 Å². The fourth-order valence-corrected chi connectivity index (χ4v) is 4.72. The number of anilines is 1. The van der Waals surface area contributed by atoms with Gasteiger partial charge in [-0.25, -0.2) is 14.4 Å². The lowest BCUT2D eigenvalue weighted by molar-refractivity contribution is -0.137. The molecule has 1 aliphatic heterocycles. The molecule has 1 amide bonds. The van der Waals surface area contributed by atoms with E-state index in [-0.39, 0.29) is 22.6 Å². The van der Waals surface area contributed by atoms with Crippen LogP contribution in [0, 0.1) is 12.7 Å². The first kappa shape index (κ1) is 22.5. The number of piperazine rings is 1. The molecule has 0 radical (unpaired) electrons. The van der Waals surface area contributed by atoms with Gasteiger partial charge in [0.05, 0.1) is 16.3 Å². The fraction of sp³-hybridized carbons (Fsp3) is 0.286. The second kappa shape index (κ2) is 8.67. The molecular formula is C21H17ClF4N4OS. The van der Waals surface area contributed by atoms with Gasteiger partial charge in [0.2, 0.25) is 0 Å². The van der Waals surface area contributed by atoms with Gasteiger partial charge in [-0.3, -0.25) is 4.79 Å². The lowest BCUT2D eigenvalue weighted by Gasteiger charge is -2.35. The number of aromatic nitrogens is 2. The SMILES string of the molecule is Cc1nc(-c2ccc(F)cc2)sc1C(=O)N1CCN(c2ncc(C(F)(F)F)cc2Cl)CC1. The van der Waals surface area contributed by atoms with Crippen LogP contribution in [0.25, 0.3) is 10.6 Å². The number of benzene rings is 1. The summed E-state index contributed by atoms with van der Waals surface area (Å²) in [6.07, 6.45) is -3.75. The zero-order valence-electron chi connectivity index (χ0n) is 16.8. The van der Waals surface area contributed by atoms with Crippen LogP contribution in [0.1, 0.15) is 20.9 Å². The van der Waals surface area contributed by atoms with Crippen molar-refractivity contribution in [3.8, 4) is 10.6 Å². The molecule has 3 aromatic rings. The van der Waals surface area contributed by atoms with Crippen LogP contribution in [0.15, 0.2) is 36.5 Å². The Labute approximate surface area is 190 Å². The molecule has 0 saturated carbocycles. The second-order valence-electron chi connectivity index (χ2n) is 7.25. The molecule has 3 heterocycles. The van der Waals surface area contributed by atoms with Gasteiger partial charge in [0.15, 0.2) is 0 Å². The molecule has 5 nitrogen and oxygen atoms in total. The van der Waals surface area contributed by atoms with Crippen molar-refractivity contribution in [2.24, 2.45) is 0 Å². The number of alkyl halides is 3. The van der Waals surface area contributed by atoms with Gasteiger partial charge < -0.3 is 9.80 Å². The number of aryl methyl sites for hydroxylation is 1. The van der Waals surface area contributed by atoms with Gasteiger partial charge >= 0.3 is 6.18 Å². The van der Waals surface area contributed by atoms with Gasteiger partial charge in [-0.2, -0.15) is 13.2 Å². The van der Waals surface area contributed by atoms with E-state index in [1.807, 2.05) is 0 Å². The maximum absolute atomic E-state index is 13.2. The van der Waals surface area contributed by atoms with E-state index in [2.05, 4.69) is 9.97 Å². The zero-order chi connectivity index (χ0) is 23.0. The van der Waals surface area contributed by atoms with Crippen molar-refractivity contribution in [2.75, 3.05) is 31.1 Å². The summed E-state index contributed by atoms with van der Waals surface area (Å²) in [5, 5.41) is 0.548. The minimum atomic E-state index is -4.51. The Morgan fingerprint density at radius 3 is 2.38 bits per heavy atom. The predicted molar refractivity (Wildman–Crippen MR) is 115 cm³/mol. The smallest absolute Gasteiger partial charge is 0.352 e. The number of rotatable bonds is 3. The van der Waals surface area contributed by atoms with E-state index in [1.165, 1.54) is 23.5 Å². The first-order valence-electron chi connectivity index (χ1n) is 9.64. The van der Waals surface area contributed by atoms with Crippen molar-refractivity contribution in [3.63, 3.8) is 0 Å². The number of pyridine rings is 1. The van der Waals surface area contributed by atoms with Crippen molar-refractivity contribution >= 4 is 34.7 Å². The van der Waals surface area contributed by atoms with E-state index >= 15 is 0 Å². The maximum Gasteiger partial charge on any atom is 0.417 e. The summed E-state index contributed by atoms with van der Waals surface area (Å²) in [5.74, 6) is -0.252. The predicted octanol–water partition coefficient (Wildman–Crippen LogP) is 5.29. The summed E-state index contributed by atoms with van der Waals surface area (Å²) in [4.78, 5) is 25.3. The van der Waals surface area contributed by atoms with Crippen LogP contribution in [-0.2, 0) is 6.18 Å². The molecule has 1 saturated heterocycles. The quantitative estimate of drug-likeness (QED) is 0.474. The van der Waals surface area contributed by atoms with Crippen LogP contribution in [0.3, 0.4) is 0 Å². The van der Waals surface area contributed by atoms with Crippen molar-refractivity contribution in [1.82, 2.24) is 14.9 Å². The molecule has 1 fully saturated rings. The van der Waals surface area contributed by atoms with Crippen LogP contribution in [0.5, 0.6) is 0 Å². The van der Waals surface area contributed by atoms with Crippen LogP contribution in [0.4, 0.5) is 23.4 Å². The summed E-state index contributed by atoms with van der Waals surface area (Å²) in [6.45, 7) is 3.24. The summed E-state index contributed by atoms with van der Waals surface area (Å²) in [6, 6.07) is 6.77. The van der Waals surface area contributed by atoms with Gasteiger partial charge in [-0.1, -0.05) is 11.6 Å². The first-order chi connectivity index (χ1) is 15.1. The Bertz CT molecular complexity index is 1140. The molecule has 1 aliphatic rings. The lowest BCUT2D eigenvalue weighted by Crippen LogP contribution is -2.49. The van der Waals surface area contributed by atoms with E-state index in [4.69, 9.17) is 11.6 Å². The van der Waals surface area contributed by atoms with Crippen molar-refractivity contribution in [2.45, 2.75) is 13.1 Å². The van der Waals surface area contributed by atoms with E-state index in [0.717, 1.165) is 17.8 Å². The Hall–Kier alpha value is -2.72. The van der Waals surface area contributed by atoms with Crippen molar-refractivity contribution in [3.05, 3.63) is 63.5 Å². The van der Waals surface area contributed by atoms with Crippen LogP contribution in [-0.4, -0.2) is 47.0 Å². The van der Waals surface area contributed by atoms with Gasteiger partial charge in [0, 0.05) is 37.9 Å². The van der Waals surface area contributed by atoms with Crippen LogP contribution < -0.4 is 4.90 Å². The normalized spacial score (nSPS) is 14.7. The van der Waals surface area contributed by atoms with E-state index in [1.54, 1.807) is 28.9 Å². The highest BCUT2D eigenvalue weighted by molar-refractivity contribution is 7.17. The maximum atomic E-state index is 13.2. The molecule has 168 valence electrons. The van der Waals surface area contributed by atoms with Crippen LogP contribution >= 0.6 is 22.9 Å². The molecule has 11 heteroatoms. The molecule has 0 unspecified atom stereocenters. The minimum Gasteiger partial charge on any atom is -0.352 e. The number of hydrogen-bond acceptors (Lipinski definition) is 5. The van der Waals surface area contributed by atoms with E-state index in [0.29, 0.717) is 41.8 Å². The molecule has 4 rings (SSSR count). The number of nitrogens with zero attached hydrogens (tertiary/aromatic N) is 4. The lowest BCUT2D eigenvalue weighted by atomic mass is 10.2. The molecule has 0 bridgehead atoms. The number of amides is 1. The number of carbonyl (C=O) groups excluding carboxylic acids is 1. The topological polar surface area (TPSA) is 49.3 Å². The minimum absolute atomic E-state index is 0.0816. The molecule has 0 aliphatic carbocycles. The molecule has 0 spiro atoms. The van der Waals surface area contributed by atoms with Crippen molar-refractivity contribution < 1.29 is 22.4 Å². The summed E-state index contributed by atoms with van der Waals surface area (Å²) in [5.41, 5.74) is 0.415. The average Bonchev–Trinajstić information content (AvgIpc) is 3.15. The average molecular weight is 485 g/mol. The fourth-order valence-electron chi connectivity index (χ4n) is 3.39. The second-order valence-corrected chi connectivity index (χ2v) is 8.65. The number of thiazole rings is 1.